The molecule has 1 aliphatic heterocycles. The van der Waals surface area contributed by atoms with Crippen LogP contribution in [0.4, 0.5) is 0 Å². The first-order valence-electron chi connectivity index (χ1n) is 8.15. The van der Waals surface area contributed by atoms with E-state index in [9.17, 15) is 4.79 Å². The van der Waals surface area contributed by atoms with Gasteiger partial charge < -0.3 is 14.4 Å². The van der Waals surface area contributed by atoms with Crippen molar-refractivity contribution in [2.45, 2.75) is 31.5 Å². The Hall–Kier alpha value is -1.02. The Balaban J connectivity index is 1.49. The number of nitrogens with zero attached hydrogens (tertiary/aromatic N) is 3. The predicted octanol–water partition coefficient (Wildman–Crippen LogP) is 1.23. The fourth-order valence-corrected chi connectivity index (χ4v) is 4.05. The molecule has 1 saturated carbocycles. The van der Waals surface area contributed by atoms with Crippen LogP contribution in [0.1, 0.15) is 17.8 Å². The summed E-state index contributed by atoms with van der Waals surface area (Å²) < 4.78 is 11.6. The van der Waals surface area contributed by atoms with Gasteiger partial charge in [-0.05, 0) is 18.8 Å². The minimum Gasteiger partial charge on any atom is -0.375 e. The van der Waals surface area contributed by atoms with E-state index in [0.717, 1.165) is 32.5 Å². The van der Waals surface area contributed by atoms with Crippen molar-refractivity contribution in [3.63, 3.8) is 0 Å². The SMILES string of the molecule is CN(C)C(=O)COC[C@H]1C[C@@H]2[C@@H](C1)OCCN2Cc1nccs1. The average Bonchev–Trinajstić information content (AvgIpc) is 3.16. The fourth-order valence-electron chi connectivity index (χ4n) is 3.40. The van der Waals surface area contributed by atoms with E-state index >= 15 is 0 Å². The zero-order valence-electron chi connectivity index (χ0n) is 13.8. The van der Waals surface area contributed by atoms with Gasteiger partial charge in [0.1, 0.15) is 11.6 Å². The van der Waals surface area contributed by atoms with Crippen LogP contribution in [-0.2, 0) is 20.8 Å². The number of fused-ring (bicyclic) bond motifs is 1. The number of aromatic nitrogens is 1. The Labute approximate surface area is 141 Å². The molecular formula is C16H25N3O3S. The molecule has 23 heavy (non-hydrogen) atoms. The van der Waals surface area contributed by atoms with Crippen LogP contribution < -0.4 is 0 Å². The van der Waals surface area contributed by atoms with Crippen LogP contribution >= 0.6 is 11.3 Å². The summed E-state index contributed by atoms with van der Waals surface area (Å²) in [5, 5.41) is 3.20. The molecule has 1 amide bonds. The topological polar surface area (TPSA) is 54.9 Å². The van der Waals surface area contributed by atoms with Crippen molar-refractivity contribution in [1.29, 1.82) is 0 Å². The number of carbonyl (C=O) groups excluding carboxylic acids is 1. The maximum absolute atomic E-state index is 11.6. The highest BCUT2D eigenvalue weighted by Crippen LogP contribution is 2.35. The lowest BCUT2D eigenvalue weighted by molar-refractivity contribution is -0.134. The fraction of sp³-hybridized carbons (Fsp3) is 0.750. The van der Waals surface area contributed by atoms with Crippen molar-refractivity contribution in [2.24, 2.45) is 5.92 Å². The molecular weight excluding hydrogens is 314 g/mol. The summed E-state index contributed by atoms with van der Waals surface area (Å²) in [6.45, 7) is 3.48. The molecule has 1 saturated heterocycles. The summed E-state index contributed by atoms with van der Waals surface area (Å²) in [5.41, 5.74) is 0. The molecule has 0 N–H and O–H groups in total. The first-order chi connectivity index (χ1) is 11.1. The van der Waals surface area contributed by atoms with Gasteiger partial charge in [0.2, 0.25) is 5.91 Å². The van der Waals surface area contributed by atoms with Crippen LogP contribution in [0.25, 0.3) is 0 Å². The van der Waals surface area contributed by atoms with Gasteiger partial charge in [-0.25, -0.2) is 4.98 Å². The molecule has 3 atom stereocenters. The first-order valence-corrected chi connectivity index (χ1v) is 9.03. The third-order valence-electron chi connectivity index (χ3n) is 4.65. The zero-order valence-corrected chi connectivity index (χ0v) is 14.6. The second-order valence-electron chi connectivity index (χ2n) is 6.51. The largest absolute Gasteiger partial charge is 0.375 e. The zero-order chi connectivity index (χ0) is 16.2. The molecule has 1 aliphatic carbocycles. The number of thiazole rings is 1. The van der Waals surface area contributed by atoms with Crippen molar-refractivity contribution in [3.05, 3.63) is 16.6 Å². The molecule has 0 bridgehead atoms. The van der Waals surface area contributed by atoms with Crippen molar-refractivity contribution in [2.75, 3.05) is 40.5 Å². The van der Waals surface area contributed by atoms with Crippen LogP contribution in [0.5, 0.6) is 0 Å². The van der Waals surface area contributed by atoms with Gasteiger partial charge in [-0.15, -0.1) is 11.3 Å². The number of ether oxygens (including phenoxy) is 2. The van der Waals surface area contributed by atoms with E-state index in [1.165, 1.54) is 5.01 Å². The van der Waals surface area contributed by atoms with Crippen LogP contribution in [0.3, 0.4) is 0 Å². The average molecular weight is 339 g/mol. The lowest BCUT2D eigenvalue weighted by Crippen LogP contribution is -2.47. The second-order valence-corrected chi connectivity index (χ2v) is 7.49. The van der Waals surface area contributed by atoms with Gasteiger partial charge in [0.25, 0.3) is 0 Å². The van der Waals surface area contributed by atoms with E-state index in [2.05, 4.69) is 9.88 Å². The van der Waals surface area contributed by atoms with Gasteiger partial charge in [-0.3, -0.25) is 9.69 Å². The molecule has 0 radical (unpaired) electrons. The highest BCUT2D eigenvalue weighted by atomic mass is 32.1. The highest BCUT2D eigenvalue weighted by Gasteiger charge is 2.41. The third-order valence-corrected chi connectivity index (χ3v) is 5.41. The molecule has 0 aromatic carbocycles. The minimum absolute atomic E-state index is 0.0158. The van der Waals surface area contributed by atoms with Crippen LogP contribution in [-0.4, -0.2) is 73.3 Å². The minimum atomic E-state index is 0.0158. The van der Waals surface area contributed by atoms with Crippen LogP contribution in [0.15, 0.2) is 11.6 Å². The molecule has 1 aromatic rings. The Morgan fingerprint density at radius 3 is 3.13 bits per heavy atom. The van der Waals surface area contributed by atoms with Gasteiger partial charge in [0, 0.05) is 38.3 Å². The van der Waals surface area contributed by atoms with Crippen molar-refractivity contribution in [3.8, 4) is 0 Å². The number of morpholine rings is 1. The van der Waals surface area contributed by atoms with Gasteiger partial charge in [-0.1, -0.05) is 0 Å². The van der Waals surface area contributed by atoms with Gasteiger partial charge in [0.15, 0.2) is 0 Å². The first kappa shape index (κ1) is 16.8. The molecule has 2 heterocycles. The van der Waals surface area contributed by atoms with Gasteiger partial charge >= 0.3 is 0 Å². The normalized spacial score (nSPS) is 27.8. The number of rotatable bonds is 6. The number of hydrogen-bond acceptors (Lipinski definition) is 6. The highest BCUT2D eigenvalue weighted by molar-refractivity contribution is 7.09. The molecule has 0 unspecified atom stereocenters. The van der Waals surface area contributed by atoms with Crippen LogP contribution in [0, 0.1) is 5.92 Å². The van der Waals surface area contributed by atoms with Crippen LogP contribution in [0.2, 0.25) is 0 Å². The smallest absolute Gasteiger partial charge is 0.248 e. The molecule has 128 valence electrons. The summed E-state index contributed by atoms with van der Waals surface area (Å²) in [6.07, 6.45) is 4.26. The molecule has 3 rings (SSSR count). The van der Waals surface area contributed by atoms with E-state index in [1.54, 1.807) is 30.3 Å². The Kier molecular flexibility index (Phi) is 5.63. The van der Waals surface area contributed by atoms with E-state index in [-0.39, 0.29) is 12.5 Å². The molecule has 7 heteroatoms. The van der Waals surface area contributed by atoms with Crippen molar-refractivity contribution in [1.82, 2.24) is 14.8 Å². The third kappa shape index (κ3) is 4.29. The summed E-state index contributed by atoms with van der Waals surface area (Å²) in [7, 11) is 3.50. The van der Waals surface area contributed by atoms with Crippen molar-refractivity contribution >= 4 is 17.2 Å². The van der Waals surface area contributed by atoms with Gasteiger partial charge in [-0.2, -0.15) is 0 Å². The van der Waals surface area contributed by atoms with Crippen molar-refractivity contribution < 1.29 is 14.3 Å². The molecule has 1 aromatic heterocycles. The number of likely N-dealkylation sites (N-methyl/N-ethyl adjacent to an activating group) is 1. The summed E-state index contributed by atoms with van der Waals surface area (Å²) in [4.78, 5) is 20.0. The number of amides is 1. The lowest BCUT2D eigenvalue weighted by Gasteiger charge is -2.37. The molecule has 2 aliphatic rings. The lowest BCUT2D eigenvalue weighted by atomic mass is 10.1. The monoisotopic (exact) mass is 339 g/mol. The Bertz CT molecular complexity index is 509. The summed E-state index contributed by atoms with van der Waals surface area (Å²) >= 11 is 1.71. The summed E-state index contributed by atoms with van der Waals surface area (Å²) in [6, 6.07) is 0.450. The predicted molar refractivity (Wildman–Crippen MR) is 88.3 cm³/mol. The maximum atomic E-state index is 11.6. The van der Waals surface area contributed by atoms with Gasteiger partial charge in [0.05, 0.1) is 25.9 Å². The standard InChI is InChI=1S/C16H25N3O3S/c1-18(2)16(20)11-21-10-12-7-13-14(8-12)22-5-4-19(13)9-15-17-3-6-23-15/h3,6,12-14H,4-5,7-11H2,1-2H3/t12-,13+,14+/m0/s1. The maximum Gasteiger partial charge on any atom is 0.248 e. The molecule has 0 spiro atoms. The van der Waals surface area contributed by atoms with E-state index < -0.39 is 0 Å². The van der Waals surface area contributed by atoms with E-state index in [4.69, 9.17) is 9.47 Å². The quantitative estimate of drug-likeness (QED) is 0.780. The Morgan fingerprint density at radius 1 is 1.52 bits per heavy atom. The summed E-state index contributed by atoms with van der Waals surface area (Å²) in [5.74, 6) is 0.485. The molecule has 2 fully saturated rings. The van der Waals surface area contributed by atoms with E-state index in [0.29, 0.717) is 24.7 Å². The van der Waals surface area contributed by atoms with E-state index in [1.807, 2.05) is 11.6 Å². The second kappa shape index (κ2) is 7.70. The number of carbonyl (C=O) groups is 1. The molecule has 6 nitrogen and oxygen atoms in total. The number of hydrogen-bond donors (Lipinski definition) is 0. The Morgan fingerprint density at radius 2 is 2.39 bits per heavy atom.